The lowest BCUT2D eigenvalue weighted by Crippen LogP contribution is -2.41. The average molecular weight is 312 g/mol. The first-order valence-electron chi connectivity index (χ1n) is 9.57. The van der Waals surface area contributed by atoms with Crippen molar-refractivity contribution in [1.82, 2.24) is 5.32 Å². The van der Waals surface area contributed by atoms with Gasteiger partial charge >= 0.3 is 0 Å². The van der Waals surface area contributed by atoms with E-state index in [9.17, 15) is 5.11 Å². The molecule has 22 heavy (non-hydrogen) atoms. The Morgan fingerprint density at radius 2 is 1.68 bits per heavy atom. The van der Waals surface area contributed by atoms with Crippen LogP contribution in [0.15, 0.2) is 0 Å². The van der Waals surface area contributed by atoms with Crippen LogP contribution in [-0.2, 0) is 4.74 Å². The summed E-state index contributed by atoms with van der Waals surface area (Å²) in [5, 5.41) is 13.7. The molecule has 3 heteroatoms. The number of ether oxygens (including phenoxy) is 1. The Morgan fingerprint density at radius 1 is 1.05 bits per heavy atom. The summed E-state index contributed by atoms with van der Waals surface area (Å²) in [6.45, 7) is 8.05. The lowest BCUT2D eigenvalue weighted by molar-refractivity contribution is -0.0404. The van der Waals surface area contributed by atoms with E-state index < -0.39 is 0 Å². The summed E-state index contributed by atoms with van der Waals surface area (Å²) in [6, 6.07) is 0.518. The third kappa shape index (κ3) is 6.17. The summed E-state index contributed by atoms with van der Waals surface area (Å²) in [7, 11) is 0. The number of nitrogens with one attached hydrogen (secondary N) is 1. The van der Waals surface area contributed by atoms with Crippen molar-refractivity contribution in [1.29, 1.82) is 0 Å². The molecule has 0 spiro atoms. The second-order valence-corrected chi connectivity index (χ2v) is 8.12. The molecule has 2 rings (SSSR count). The Kier molecular flexibility index (Phi) is 7.66. The molecule has 3 nitrogen and oxygen atoms in total. The van der Waals surface area contributed by atoms with Gasteiger partial charge in [-0.25, -0.2) is 0 Å². The minimum atomic E-state index is -0.376. The van der Waals surface area contributed by atoms with Crippen LogP contribution >= 0.6 is 0 Å². The summed E-state index contributed by atoms with van der Waals surface area (Å²) in [6.07, 6.45) is 10.5. The van der Waals surface area contributed by atoms with Gasteiger partial charge in [-0.3, -0.25) is 0 Å². The molecule has 2 aliphatic rings. The molecule has 0 saturated heterocycles. The van der Waals surface area contributed by atoms with Crippen molar-refractivity contribution in [2.75, 3.05) is 13.2 Å². The molecular weight excluding hydrogens is 274 g/mol. The molecule has 130 valence electrons. The summed E-state index contributed by atoms with van der Waals surface area (Å²) < 4.78 is 5.97. The molecule has 2 fully saturated rings. The lowest BCUT2D eigenvalue weighted by Gasteiger charge is -2.32. The van der Waals surface area contributed by atoms with Crippen LogP contribution in [0.1, 0.15) is 72.1 Å². The molecule has 0 bridgehead atoms. The second kappa shape index (κ2) is 9.24. The van der Waals surface area contributed by atoms with Gasteiger partial charge in [-0.1, -0.05) is 33.1 Å². The van der Waals surface area contributed by atoms with Crippen LogP contribution in [0.25, 0.3) is 0 Å². The fraction of sp³-hybridized carbons (Fsp3) is 1.00. The van der Waals surface area contributed by atoms with E-state index in [1.807, 2.05) is 0 Å². The van der Waals surface area contributed by atoms with Crippen LogP contribution in [0.5, 0.6) is 0 Å². The van der Waals surface area contributed by atoms with Crippen LogP contribution in [0, 0.1) is 17.8 Å². The molecule has 0 aromatic heterocycles. The van der Waals surface area contributed by atoms with Gasteiger partial charge in [0.1, 0.15) is 0 Å². The first-order chi connectivity index (χ1) is 10.5. The smallest absolute Gasteiger partial charge is 0.0897 e. The first-order valence-corrected chi connectivity index (χ1v) is 9.57. The SMILES string of the molecule is CC1CC(C)CC(OCC(O)CNC(C)C2CCCCC2)C1. The molecule has 4 unspecified atom stereocenters. The third-order valence-corrected chi connectivity index (χ3v) is 5.69. The minimum absolute atomic E-state index is 0.351. The molecule has 0 aromatic rings. The standard InChI is InChI=1S/C19H37NO2/c1-14-9-15(2)11-19(10-14)22-13-18(21)12-20-16(3)17-7-5-4-6-8-17/h14-21H,4-13H2,1-3H3. The first kappa shape index (κ1) is 18.2. The van der Waals surface area contributed by atoms with Crippen LogP contribution in [0.4, 0.5) is 0 Å². The zero-order valence-corrected chi connectivity index (χ0v) is 14.9. The van der Waals surface area contributed by atoms with Gasteiger partial charge in [0.05, 0.1) is 18.8 Å². The van der Waals surface area contributed by atoms with Crippen LogP contribution < -0.4 is 5.32 Å². The molecule has 2 N–H and O–H groups in total. The molecule has 0 aromatic carbocycles. The van der Waals surface area contributed by atoms with E-state index >= 15 is 0 Å². The van der Waals surface area contributed by atoms with E-state index in [1.165, 1.54) is 38.5 Å². The quantitative estimate of drug-likeness (QED) is 0.752. The van der Waals surface area contributed by atoms with E-state index in [4.69, 9.17) is 4.74 Å². The summed E-state index contributed by atoms with van der Waals surface area (Å²) in [4.78, 5) is 0. The average Bonchev–Trinajstić information content (AvgIpc) is 2.50. The largest absolute Gasteiger partial charge is 0.389 e. The van der Waals surface area contributed by atoms with Gasteiger partial charge in [-0.2, -0.15) is 0 Å². The molecule has 0 heterocycles. The summed E-state index contributed by atoms with van der Waals surface area (Å²) in [5.41, 5.74) is 0. The van der Waals surface area contributed by atoms with Crippen molar-refractivity contribution in [2.24, 2.45) is 17.8 Å². The highest BCUT2D eigenvalue weighted by atomic mass is 16.5. The predicted octanol–water partition coefficient (Wildman–Crippen LogP) is 3.75. The van der Waals surface area contributed by atoms with Crippen molar-refractivity contribution in [2.45, 2.75) is 90.4 Å². The van der Waals surface area contributed by atoms with Crippen molar-refractivity contribution in [3.8, 4) is 0 Å². The van der Waals surface area contributed by atoms with Gasteiger partial charge in [-0.15, -0.1) is 0 Å². The van der Waals surface area contributed by atoms with Gasteiger partial charge in [0.2, 0.25) is 0 Å². The van der Waals surface area contributed by atoms with E-state index in [0.717, 1.165) is 30.6 Å². The van der Waals surface area contributed by atoms with Gasteiger partial charge in [0.15, 0.2) is 0 Å². The Hall–Kier alpha value is -0.120. The summed E-state index contributed by atoms with van der Waals surface area (Å²) >= 11 is 0. The van der Waals surface area contributed by atoms with Crippen LogP contribution in [0.2, 0.25) is 0 Å². The molecular formula is C19H37NO2. The van der Waals surface area contributed by atoms with Gasteiger partial charge in [0.25, 0.3) is 0 Å². The van der Waals surface area contributed by atoms with E-state index in [1.54, 1.807) is 0 Å². The van der Waals surface area contributed by atoms with E-state index in [2.05, 4.69) is 26.1 Å². The van der Waals surface area contributed by atoms with Crippen molar-refractivity contribution < 1.29 is 9.84 Å². The molecule has 2 saturated carbocycles. The molecule has 0 radical (unpaired) electrons. The zero-order chi connectivity index (χ0) is 15.9. The van der Waals surface area contributed by atoms with Crippen molar-refractivity contribution in [3.05, 3.63) is 0 Å². The number of rotatable bonds is 7. The van der Waals surface area contributed by atoms with Gasteiger partial charge < -0.3 is 15.2 Å². The van der Waals surface area contributed by atoms with E-state index in [-0.39, 0.29) is 6.10 Å². The minimum Gasteiger partial charge on any atom is -0.389 e. The van der Waals surface area contributed by atoms with Crippen molar-refractivity contribution >= 4 is 0 Å². The highest BCUT2D eigenvalue weighted by molar-refractivity contribution is 4.78. The molecule has 0 aliphatic heterocycles. The highest BCUT2D eigenvalue weighted by Crippen LogP contribution is 2.30. The number of hydrogen-bond acceptors (Lipinski definition) is 3. The van der Waals surface area contributed by atoms with Crippen LogP contribution in [0.3, 0.4) is 0 Å². The Labute approximate surface area is 137 Å². The van der Waals surface area contributed by atoms with E-state index in [0.29, 0.717) is 25.3 Å². The Balaban J connectivity index is 1.60. The maximum absolute atomic E-state index is 10.2. The Bertz CT molecular complexity index is 294. The zero-order valence-electron chi connectivity index (χ0n) is 14.9. The van der Waals surface area contributed by atoms with Crippen LogP contribution in [-0.4, -0.2) is 36.5 Å². The number of aliphatic hydroxyl groups excluding tert-OH is 1. The normalized spacial score (nSPS) is 33.5. The lowest BCUT2D eigenvalue weighted by atomic mass is 9.82. The number of aliphatic hydroxyl groups is 1. The maximum atomic E-state index is 10.2. The third-order valence-electron chi connectivity index (χ3n) is 5.69. The predicted molar refractivity (Wildman–Crippen MR) is 92.0 cm³/mol. The van der Waals surface area contributed by atoms with Gasteiger partial charge in [-0.05, 0) is 56.8 Å². The van der Waals surface area contributed by atoms with Gasteiger partial charge in [0, 0.05) is 12.6 Å². The maximum Gasteiger partial charge on any atom is 0.0897 e. The number of hydrogen-bond donors (Lipinski definition) is 2. The molecule has 2 aliphatic carbocycles. The fourth-order valence-corrected chi connectivity index (χ4v) is 4.44. The topological polar surface area (TPSA) is 41.5 Å². The molecule has 4 atom stereocenters. The van der Waals surface area contributed by atoms with Crippen molar-refractivity contribution in [3.63, 3.8) is 0 Å². The summed E-state index contributed by atoms with van der Waals surface area (Å²) in [5.74, 6) is 2.31. The molecule has 0 amide bonds. The highest BCUT2D eigenvalue weighted by Gasteiger charge is 2.25. The monoisotopic (exact) mass is 311 g/mol. The second-order valence-electron chi connectivity index (χ2n) is 8.12. The fourth-order valence-electron chi connectivity index (χ4n) is 4.44. The Morgan fingerprint density at radius 3 is 2.32 bits per heavy atom.